The summed E-state index contributed by atoms with van der Waals surface area (Å²) in [5, 5.41) is 0. The molecular weight excluding hydrogens is 146 g/mol. The molecule has 0 aromatic heterocycles. The van der Waals surface area contributed by atoms with Crippen molar-refractivity contribution < 1.29 is 4.48 Å². The highest BCUT2D eigenvalue weighted by molar-refractivity contribution is 4.65. The van der Waals surface area contributed by atoms with Gasteiger partial charge in [0.15, 0.2) is 0 Å². The van der Waals surface area contributed by atoms with Crippen LogP contribution in [0.15, 0.2) is 0 Å². The minimum Gasteiger partial charge on any atom is -0.323 e. The van der Waals surface area contributed by atoms with Crippen molar-refractivity contribution in [1.29, 1.82) is 0 Å². The Bertz CT molecular complexity index is 130. The maximum Gasteiger partial charge on any atom is 0.0814 e. The van der Waals surface area contributed by atoms with Crippen LogP contribution in [0.3, 0.4) is 0 Å². The van der Waals surface area contributed by atoms with Crippen molar-refractivity contribution in [2.75, 3.05) is 26.2 Å². The summed E-state index contributed by atoms with van der Waals surface area (Å²) in [5.41, 5.74) is 0. The van der Waals surface area contributed by atoms with E-state index in [9.17, 15) is 0 Å². The predicted molar refractivity (Wildman–Crippen MR) is 54.1 cm³/mol. The van der Waals surface area contributed by atoms with E-state index in [1.807, 2.05) is 0 Å². The second kappa shape index (κ2) is 3.78. The average molecular weight is 170 g/mol. The topological polar surface area (TPSA) is 0 Å². The van der Waals surface area contributed by atoms with E-state index in [0.717, 1.165) is 5.92 Å². The Morgan fingerprint density at radius 1 is 1.00 bits per heavy atom. The summed E-state index contributed by atoms with van der Waals surface area (Å²) in [6.45, 7) is 8.37. The molecule has 0 radical (unpaired) electrons. The molecule has 0 amide bonds. The van der Waals surface area contributed by atoms with Crippen LogP contribution in [0.25, 0.3) is 0 Å². The number of rotatable bonds is 0. The van der Waals surface area contributed by atoms with Crippen molar-refractivity contribution in [2.45, 2.75) is 40.0 Å². The molecule has 72 valence electrons. The van der Waals surface area contributed by atoms with E-state index in [1.165, 1.54) is 56.3 Å². The van der Waals surface area contributed by atoms with Gasteiger partial charge in [-0.05, 0) is 19.3 Å². The Kier molecular flexibility index (Phi) is 3.16. The van der Waals surface area contributed by atoms with E-state index in [1.54, 1.807) is 0 Å². The summed E-state index contributed by atoms with van der Waals surface area (Å²) in [6.07, 6.45) is 5.97. The van der Waals surface area contributed by atoms with Crippen LogP contribution in [-0.4, -0.2) is 30.7 Å². The Morgan fingerprint density at radius 3 is 2.17 bits per heavy atom. The number of hydrogen-bond donors (Lipinski definition) is 0. The SMILES string of the molecule is C.CC1CC[N+]2(CCCCC2)C1. The fourth-order valence-electron chi connectivity index (χ4n) is 2.93. The molecule has 1 heteroatoms. The van der Waals surface area contributed by atoms with Crippen LogP contribution < -0.4 is 0 Å². The summed E-state index contributed by atoms with van der Waals surface area (Å²) in [6, 6.07) is 0. The molecule has 2 aliphatic rings. The van der Waals surface area contributed by atoms with Crippen LogP contribution in [0.5, 0.6) is 0 Å². The molecule has 0 aromatic rings. The molecule has 1 nitrogen and oxygen atoms in total. The van der Waals surface area contributed by atoms with E-state index in [4.69, 9.17) is 0 Å². The number of nitrogens with zero attached hydrogens (tertiary/aromatic N) is 1. The van der Waals surface area contributed by atoms with Gasteiger partial charge in [0.25, 0.3) is 0 Å². The van der Waals surface area contributed by atoms with Gasteiger partial charge in [-0.25, -0.2) is 0 Å². The van der Waals surface area contributed by atoms with Crippen molar-refractivity contribution in [3.63, 3.8) is 0 Å². The number of piperidine rings is 1. The Balaban J connectivity index is 0.000000720. The highest BCUT2D eigenvalue weighted by atomic mass is 15.4. The lowest BCUT2D eigenvalue weighted by atomic mass is 10.1. The van der Waals surface area contributed by atoms with Gasteiger partial charge in [0.05, 0.1) is 26.2 Å². The maximum absolute atomic E-state index is 2.42. The van der Waals surface area contributed by atoms with Gasteiger partial charge in [-0.1, -0.05) is 14.4 Å². The molecule has 2 heterocycles. The fraction of sp³-hybridized carbons (Fsp3) is 1.00. The van der Waals surface area contributed by atoms with Gasteiger partial charge in [-0.15, -0.1) is 0 Å². The molecule has 1 unspecified atom stereocenters. The van der Waals surface area contributed by atoms with Gasteiger partial charge < -0.3 is 4.48 Å². The predicted octanol–water partition coefficient (Wildman–Crippen LogP) is 2.66. The molecule has 2 aliphatic heterocycles. The average Bonchev–Trinajstić information content (AvgIpc) is 2.34. The summed E-state index contributed by atoms with van der Waals surface area (Å²) >= 11 is 0. The fourth-order valence-corrected chi connectivity index (χ4v) is 2.93. The molecule has 2 rings (SSSR count). The molecule has 0 N–H and O–H groups in total. The lowest BCUT2D eigenvalue weighted by molar-refractivity contribution is -0.922. The van der Waals surface area contributed by atoms with E-state index in [2.05, 4.69) is 6.92 Å². The van der Waals surface area contributed by atoms with Crippen molar-refractivity contribution >= 4 is 0 Å². The molecular formula is C11H24N+. The van der Waals surface area contributed by atoms with Crippen LogP contribution >= 0.6 is 0 Å². The molecule has 2 saturated heterocycles. The monoisotopic (exact) mass is 170 g/mol. The van der Waals surface area contributed by atoms with Crippen LogP contribution in [-0.2, 0) is 0 Å². The van der Waals surface area contributed by atoms with Gasteiger partial charge in [0.1, 0.15) is 0 Å². The zero-order chi connectivity index (χ0) is 7.73. The minimum atomic E-state index is 0. The first kappa shape index (κ1) is 10.0. The van der Waals surface area contributed by atoms with Gasteiger partial charge in [0.2, 0.25) is 0 Å². The molecule has 0 aliphatic carbocycles. The third-order valence-electron chi connectivity index (χ3n) is 3.56. The molecule has 1 atom stereocenters. The van der Waals surface area contributed by atoms with E-state index in [-0.39, 0.29) is 7.43 Å². The van der Waals surface area contributed by atoms with Crippen molar-refractivity contribution in [3.8, 4) is 0 Å². The molecule has 0 aromatic carbocycles. The number of hydrogen-bond acceptors (Lipinski definition) is 0. The Labute approximate surface area is 77.4 Å². The van der Waals surface area contributed by atoms with Gasteiger partial charge >= 0.3 is 0 Å². The summed E-state index contributed by atoms with van der Waals surface area (Å²) in [5.74, 6) is 1.01. The minimum absolute atomic E-state index is 0. The summed E-state index contributed by atoms with van der Waals surface area (Å²) < 4.78 is 1.49. The highest BCUT2D eigenvalue weighted by Crippen LogP contribution is 2.28. The molecule has 0 saturated carbocycles. The largest absolute Gasteiger partial charge is 0.323 e. The summed E-state index contributed by atoms with van der Waals surface area (Å²) in [4.78, 5) is 0. The second-order valence-electron chi connectivity index (χ2n) is 4.65. The first-order chi connectivity index (χ1) is 5.31. The van der Waals surface area contributed by atoms with Crippen molar-refractivity contribution in [1.82, 2.24) is 0 Å². The third kappa shape index (κ3) is 1.82. The molecule has 12 heavy (non-hydrogen) atoms. The Morgan fingerprint density at radius 2 is 1.67 bits per heavy atom. The zero-order valence-corrected chi connectivity index (χ0v) is 7.68. The van der Waals surface area contributed by atoms with Gasteiger partial charge in [-0.3, -0.25) is 0 Å². The second-order valence-corrected chi connectivity index (χ2v) is 4.65. The lowest BCUT2D eigenvalue weighted by Crippen LogP contribution is -2.49. The van der Waals surface area contributed by atoms with Crippen LogP contribution in [0.4, 0.5) is 0 Å². The van der Waals surface area contributed by atoms with Crippen molar-refractivity contribution in [3.05, 3.63) is 0 Å². The van der Waals surface area contributed by atoms with Gasteiger partial charge in [0, 0.05) is 12.3 Å². The van der Waals surface area contributed by atoms with E-state index >= 15 is 0 Å². The van der Waals surface area contributed by atoms with Crippen LogP contribution in [0, 0.1) is 5.92 Å². The highest BCUT2D eigenvalue weighted by Gasteiger charge is 2.36. The first-order valence-corrected chi connectivity index (χ1v) is 5.16. The first-order valence-electron chi connectivity index (χ1n) is 5.16. The maximum atomic E-state index is 2.42. The van der Waals surface area contributed by atoms with Gasteiger partial charge in [-0.2, -0.15) is 0 Å². The number of quaternary nitrogens is 1. The van der Waals surface area contributed by atoms with Crippen molar-refractivity contribution in [2.24, 2.45) is 5.92 Å². The van der Waals surface area contributed by atoms with Crippen LogP contribution in [0.1, 0.15) is 40.0 Å². The van der Waals surface area contributed by atoms with E-state index in [0.29, 0.717) is 0 Å². The normalized spacial score (nSPS) is 33.2. The summed E-state index contributed by atoms with van der Waals surface area (Å²) in [7, 11) is 0. The van der Waals surface area contributed by atoms with Crippen LogP contribution in [0.2, 0.25) is 0 Å². The smallest absolute Gasteiger partial charge is 0.0814 e. The third-order valence-corrected chi connectivity index (χ3v) is 3.56. The Hall–Kier alpha value is -0.0400. The quantitative estimate of drug-likeness (QED) is 0.490. The zero-order valence-electron chi connectivity index (χ0n) is 7.68. The lowest BCUT2D eigenvalue weighted by Gasteiger charge is -2.37. The van der Waals surface area contributed by atoms with E-state index < -0.39 is 0 Å². The molecule has 0 bridgehead atoms. The standard InChI is InChI=1S/C10H20N.CH4/c1-10-5-8-11(9-10)6-3-2-4-7-11;/h10H,2-9H2,1H3;1H4/q+1;. The molecule has 2 fully saturated rings. The molecule has 1 spiro atoms.